The van der Waals surface area contributed by atoms with Crippen molar-refractivity contribution in [2.75, 3.05) is 0 Å². The molecule has 9 heavy (non-hydrogen) atoms. The van der Waals surface area contributed by atoms with Crippen LogP contribution in [-0.2, 0) is 4.79 Å². The minimum absolute atomic E-state index is 0.434. The largest absolute Gasteiger partial charge is 0.275 e. The molecule has 0 unspecified atom stereocenters. The number of nitrogens with zero attached hydrogens (tertiary/aromatic N) is 3. The molecular weight excluding hydrogens is 122 g/mol. The molecule has 50 valence electrons. The highest BCUT2D eigenvalue weighted by atomic mass is 16.2. The van der Waals surface area contributed by atoms with Gasteiger partial charge in [0.1, 0.15) is 0 Å². The highest BCUT2D eigenvalue weighted by Gasteiger charge is 1.89. The molecular formula is C3H7N5O. The fourth-order valence-electron chi connectivity index (χ4n) is 0.222. The zero-order valence-electron chi connectivity index (χ0n) is 4.74. The minimum atomic E-state index is 0.434. The van der Waals surface area contributed by atoms with E-state index in [1.165, 1.54) is 0 Å². The van der Waals surface area contributed by atoms with Crippen molar-refractivity contribution in [3.63, 3.8) is 0 Å². The van der Waals surface area contributed by atoms with Gasteiger partial charge in [0.15, 0.2) is 0 Å². The van der Waals surface area contributed by atoms with Crippen molar-refractivity contribution in [1.82, 2.24) is 16.2 Å². The number of rotatable bonds is 5. The second-order valence-corrected chi connectivity index (χ2v) is 0.992. The van der Waals surface area contributed by atoms with Gasteiger partial charge < -0.3 is 0 Å². The van der Waals surface area contributed by atoms with Crippen LogP contribution in [0.2, 0.25) is 0 Å². The molecule has 0 saturated heterocycles. The zero-order chi connectivity index (χ0) is 7.11. The van der Waals surface area contributed by atoms with Gasteiger partial charge in [-0.15, -0.1) is 5.12 Å². The lowest BCUT2D eigenvalue weighted by Crippen LogP contribution is -2.41. The Morgan fingerprint density at radius 1 is 1.33 bits per heavy atom. The number of carbonyl (C=O) groups is 1. The van der Waals surface area contributed by atoms with Gasteiger partial charge in [0.25, 0.3) is 6.41 Å². The fourth-order valence-corrected chi connectivity index (χ4v) is 0.222. The minimum Gasteiger partial charge on any atom is -0.275 e. The van der Waals surface area contributed by atoms with E-state index in [0.717, 1.165) is 5.12 Å². The summed E-state index contributed by atoms with van der Waals surface area (Å²) in [6.07, 6.45) is 0.434. The maximum Gasteiger partial charge on any atom is 0.251 e. The zero-order valence-corrected chi connectivity index (χ0v) is 4.74. The Bertz CT molecular complexity index is 103. The molecule has 0 spiro atoms. The normalized spacial score (nSPS) is 7.11. The van der Waals surface area contributed by atoms with Crippen molar-refractivity contribution < 1.29 is 4.79 Å². The summed E-state index contributed by atoms with van der Waals surface area (Å²) < 4.78 is 0. The van der Waals surface area contributed by atoms with Crippen LogP contribution in [0.4, 0.5) is 0 Å². The Kier molecular flexibility index (Phi) is 3.76. The van der Waals surface area contributed by atoms with Crippen molar-refractivity contribution in [1.29, 1.82) is 0 Å². The lowest BCUT2D eigenvalue weighted by molar-refractivity contribution is -0.124. The number of hydrazine groups is 2. The summed E-state index contributed by atoms with van der Waals surface area (Å²) in [5, 5.41) is 7.19. The highest BCUT2D eigenvalue weighted by molar-refractivity contribution is 5.45. The van der Waals surface area contributed by atoms with E-state index in [1.807, 2.05) is 0 Å². The van der Waals surface area contributed by atoms with Crippen LogP contribution in [0, 0.1) is 0 Å². The van der Waals surface area contributed by atoms with E-state index in [-0.39, 0.29) is 0 Å². The first-order valence-electron chi connectivity index (χ1n) is 2.02. The van der Waals surface area contributed by atoms with Gasteiger partial charge in [0, 0.05) is 13.4 Å². The van der Waals surface area contributed by atoms with Crippen molar-refractivity contribution in [2.45, 2.75) is 0 Å². The number of hydrazone groups is 2. The summed E-state index contributed by atoms with van der Waals surface area (Å²) in [4.78, 5) is 9.91. The molecule has 6 heteroatoms. The predicted molar refractivity (Wildman–Crippen MR) is 33.3 cm³/mol. The maximum absolute atomic E-state index is 9.91. The smallest absolute Gasteiger partial charge is 0.251 e. The molecule has 6 nitrogen and oxygen atoms in total. The molecule has 0 bridgehead atoms. The first kappa shape index (κ1) is 7.41. The van der Waals surface area contributed by atoms with Gasteiger partial charge in [0.2, 0.25) is 0 Å². The fraction of sp³-hybridized carbons (Fsp3) is 0. The molecule has 0 aromatic heterocycles. The molecule has 2 N–H and O–H groups in total. The van der Waals surface area contributed by atoms with Crippen LogP contribution in [0.1, 0.15) is 0 Å². The lowest BCUT2D eigenvalue weighted by Gasteiger charge is -2.11. The molecule has 0 atom stereocenters. The van der Waals surface area contributed by atoms with E-state index < -0.39 is 0 Å². The topological polar surface area (TPSA) is 69.1 Å². The standard InChI is InChI=1S/C3H7N5O/c1-4-6-8(3-9)7-5-2/h3,6-7H,1-2H2. The monoisotopic (exact) mass is 129 g/mol. The quantitative estimate of drug-likeness (QED) is 0.275. The third-order valence-corrected chi connectivity index (χ3v) is 0.462. The Balaban J connectivity index is 3.51. The molecule has 1 amide bonds. The number of nitrogens with one attached hydrogen (secondary N) is 2. The van der Waals surface area contributed by atoms with Crippen LogP contribution in [0.3, 0.4) is 0 Å². The molecule has 0 saturated carbocycles. The van der Waals surface area contributed by atoms with Gasteiger partial charge in [0.05, 0.1) is 0 Å². The third-order valence-electron chi connectivity index (χ3n) is 0.462. The van der Waals surface area contributed by atoms with Gasteiger partial charge in [-0.25, -0.2) is 0 Å². The SMILES string of the molecule is C=NNN(C=O)NN=C. The highest BCUT2D eigenvalue weighted by Crippen LogP contribution is 1.64. The molecule has 0 rings (SSSR count). The number of hydrogen-bond donors (Lipinski definition) is 2. The molecule has 0 aliphatic heterocycles. The van der Waals surface area contributed by atoms with Crippen molar-refractivity contribution >= 4 is 19.8 Å². The molecule has 0 heterocycles. The third kappa shape index (κ3) is 3.03. The summed E-state index contributed by atoms with van der Waals surface area (Å²) in [6.45, 7) is 6.13. The Hall–Kier alpha value is -1.59. The van der Waals surface area contributed by atoms with Crippen molar-refractivity contribution in [3.05, 3.63) is 0 Å². The number of hydrogen-bond acceptors (Lipinski definition) is 5. The maximum atomic E-state index is 9.91. The molecule has 0 aliphatic carbocycles. The predicted octanol–water partition coefficient (Wildman–Crippen LogP) is -1.31. The van der Waals surface area contributed by atoms with E-state index in [2.05, 4.69) is 34.7 Å². The average Bonchev–Trinajstić information content (AvgIpc) is 1.88. The summed E-state index contributed by atoms with van der Waals surface area (Å²) in [5.74, 6) is 0. The van der Waals surface area contributed by atoms with Crippen LogP contribution in [0.25, 0.3) is 0 Å². The van der Waals surface area contributed by atoms with Crippen molar-refractivity contribution in [2.24, 2.45) is 10.2 Å². The number of carbonyl (C=O) groups excluding carboxylic acids is 1. The van der Waals surface area contributed by atoms with Gasteiger partial charge in [-0.05, 0) is 0 Å². The summed E-state index contributed by atoms with van der Waals surface area (Å²) in [5.41, 5.74) is 4.34. The molecule has 0 aromatic carbocycles. The van der Waals surface area contributed by atoms with Crippen LogP contribution in [0.5, 0.6) is 0 Å². The van der Waals surface area contributed by atoms with E-state index >= 15 is 0 Å². The first-order chi connectivity index (χ1) is 4.35. The number of amides is 1. The van der Waals surface area contributed by atoms with Gasteiger partial charge in [-0.1, -0.05) is 0 Å². The second-order valence-electron chi connectivity index (χ2n) is 0.992. The summed E-state index contributed by atoms with van der Waals surface area (Å²) in [6, 6.07) is 0. The lowest BCUT2D eigenvalue weighted by atomic mass is 11.3. The Morgan fingerprint density at radius 2 is 1.78 bits per heavy atom. The molecule has 0 radical (unpaired) electrons. The summed E-state index contributed by atoms with van der Waals surface area (Å²) >= 11 is 0. The summed E-state index contributed by atoms with van der Waals surface area (Å²) in [7, 11) is 0. The van der Waals surface area contributed by atoms with E-state index in [9.17, 15) is 4.79 Å². The van der Waals surface area contributed by atoms with E-state index in [0.29, 0.717) is 6.41 Å². The van der Waals surface area contributed by atoms with Crippen LogP contribution >= 0.6 is 0 Å². The Labute approximate surface area is 52.2 Å². The average molecular weight is 129 g/mol. The first-order valence-corrected chi connectivity index (χ1v) is 2.02. The van der Waals surface area contributed by atoms with Crippen LogP contribution < -0.4 is 11.1 Å². The van der Waals surface area contributed by atoms with E-state index in [4.69, 9.17) is 0 Å². The Morgan fingerprint density at radius 3 is 2.00 bits per heavy atom. The van der Waals surface area contributed by atoms with Gasteiger partial charge >= 0.3 is 0 Å². The molecule has 0 aliphatic rings. The molecule has 0 fully saturated rings. The van der Waals surface area contributed by atoms with Crippen molar-refractivity contribution in [3.8, 4) is 0 Å². The van der Waals surface area contributed by atoms with Crippen LogP contribution in [0.15, 0.2) is 10.2 Å². The van der Waals surface area contributed by atoms with Gasteiger partial charge in [-0.3, -0.25) is 4.79 Å². The second kappa shape index (κ2) is 4.57. The van der Waals surface area contributed by atoms with Gasteiger partial charge in [-0.2, -0.15) is 21.3 Å². The van der Waals surface area contributed by atoms with E-state index in [1.54, 1.807) is 0 Å². The molecule has 0 aromatic rings. The van der Waals surface area contributed by atoms with Crippen LogP contribution in [-0.4, -0.2) is 25.0 Å².